The Morgan fingerprint density at radius 1 is 1.17 bits per heavy atom. The quantitative estimate of drug-likeness (QED) is 0.560. The Bertz CT molecular complexity index is 865. The first-order chi connectivity index (χ1) is 11.2. The van der Waals surface area contributed by atoms with Gasteiger partial charge in [0.05, 0.1) is 12.1 Å². The fourth-order valence-corrected chi connectivity index (χ4v) is 2.04. The number of oxime groups is 1. The lowest BCUT2D eigenvalue weighted by molar-refractivity contribution is 0.337. The number of nitrogens with one attached hydrogen (secondary N) is 1. The van der Waals surface area contributed by atoms with Gasteiger partial charge in [-0.2, -0.15) is 0 Å². The molecule has 0 radical (unpaired) electrons. The van der Waals surface area contributed by atoms with Crippen molar-refractivity contribution in [2.24, 2.45) is 5.16 Å². The second kappa shape index (κ2) is 6.65. The number of hydrogen-bond acceptors (Lipinski definition) is 5. The third kappa shape index (κ3) is 3.88. The molecular formula is C17H14N2O4. The molecule has 0 atom stereocenters. The number of oxazole rings is 1. The van der Waals surface area contributed by atoms with E-state index in [0.717, 1.165) is 5.56 Å². The monoisotopic (exact) mass is 310 g/mol. The highest BCUT2D eigenvalue weighted by Crippen LogP contribution is 2.18. The van der Waals surface area contributed by atoms with Gasteiger partial charge in [-0.15, -0.1) is 0 Å². The third-order valence-electron chi connectivity index (χ3n) is 3.10. The normalized spacial score (nSPS) is 11.4. The highest BCUT2D eigenvalue weighted by atomic mass is 16.6. The van der Waals surface area contributed by atoms with Crippen molar-refractivity contribution in [3.8, 4) is 11.5 Å². The van der Waals surface area contributed by atoms with Crippen LogP contribution in [0.5, 0.6) is 11.5 Å². The first kappa shape index (κ1) is 14.6. The molecule has 0 spiro atoms. The first-order valence-electron chi connectivity index (χ1n) is 6.96. The molecule has 0 aliphatic rings. The zero-order valence-electron chi connectivity index (χ0n) is 12.1. The van der Waals surface area contributed by atoms with E-state index in [4.69, 9.17) is 9.25 Å². The van der Waals surface area contributed by atoms with E-state index in [1.165, 1.54) is 12.3 Å². The summed E-state index contributed by atoms with van der Waals surface area (Å²) >= 11 is 0. The number of hydrogen-bond donors (Lipinski definition) is 2. The molecule has 1 aromatic heterocycles. The molecule has 0 saturated carbocycles. The Balaban J connectivity index is 1.88. The number of aromatic hydroxyl groups is 1. The van der Waals surface area contributed by atoms with Crippen molar-refractivity contribution < 1.29 is 14.4 Å². The van der Waals surface area contributed by atoms with Gasteiger partial charge >= 0.3 is 5.76 Å². The highest BCUT2D eigenvalue weighted by molar-refractivity contribution is 6.01. The largest absolute Gasteiger partial charge is 0.508 e. The van der Waals surface area contributed by atoms with Crippen molar-refractivity contribution in [2.75, 3.05) is 0 Å². The summed E-state index contributed by atoms with van der Waals surface area (Å²) in [6, 6.07) is 15.8. The molecule has 6 nitrogen and oxygen atoms in total. The molecule has 0 saturated heterocycles. The van der Waals surface area contributed by atoms with Crippen LogP contribution in [0.25, 0.3) is 0 Å². The van der Waals surface area contributed by atoms with E-state index in [9.17, 15) is 9.90 Å². The van der Waals surface area contributed by atoms with E-state index in [2.05, 4.69) is 10.1 Å². The smallest absolute Gasteiger partial charge is 0.416 e. The van der Waals surface area contributed by atoms with Gasteiger partial charge in [0.15, 0.2) is 5.75 Å². The van der Waals surface area contributed by atoms with E-state index >= 15 is 0 Å². The zero-order chi connectivity index (χ0) is 16.1. The van der Waals surface area contributed by atoms with Crippen molar-refractivity contribution >= 4 is 5.71 Å². The van der Waals surface area contributed by atoms with Crippen LogP contribution >= 0.6 is 0 Å². The number of aromatic amines is 1. The molecule has 2 N–H and O–H groups in total. The van der Waals surface area contributed by atoms with Gasteiger partial charge in [-0.25, -0.2) is 4.79 Å². The number of H-pyrrole nitrogens is 1. The summed E-state index contributed by atoms with van der Waals surface area (Å²) in [4.78, 5) is 18.9. The van der Waals surface area contributed by atoms with Crippen LogP contribution in [0.3, 0.4) is 0 Å². The Hall–Kier alpha value is -3.28. The molecule has 6 heteroatoms. The number of rotatable bonds is 5. The molecular weight excluding hydrogens is 296 g/mol. The maximum atomic E-state index is 11.1. The SMILES string of the molecule is O=c1[nH]cc(C/C(=N\Oc2cccc(O)c2)c2ccccc2)o1. The standard InChI is InChI=1S/C17H14N2O4/c20-13-7-4-8-14(9-13)23-19-16(12-5-2-1-3-6-12)10-15-11-18-17(21)22-15/h1-9,11,20H,10H2,(H,18,21)/b19-16+. The average molecular weight is 310 g/mol. The summed E-state index contributed by atoms with van der Waals surface area (Å²) in [6.07, 6.45) is 1.79. The van der Waals surface area contributed by atoms with Crippen LogP contribution in [-0.2, 0) is 6.42 Å². The minimum atomic E-state index is -0.513. The van der Waals surface area contributed by atoms with E-state index in [1.54, 1.807) is 18.2 Å². The van der Waals surface area contributed by atoms with Crippen molar-refractivity contribution in [1.82, 2.24) is 4.98 Å². The zero-order valence-corrected chi connectivity index (χ0v) is 12.1. The molecule has 0 bridgehead atoms. The first-order valence-corrected chi connectivity index (χ1v) is 6.96. The van der Waals surface area contributed by atoms with Crippen molar-refractivity contribution in [2.45, 2.75) is 6.42 Å². The number of phenolic OH excluding ortho intramolecular Hbond substituents is 1. The summed E-state index contributed by atoms with van der Waals surface area (Å²) in [5.74, 6) is 0.447. The molecule has 3 aromatic rings. The van der Waals surface area contributed by atoms with Gasteiger partial charge in [0.2, 0.25) is 0 Å². The fraction of sp³-hybridized carbons (Fsp3) is 0.0588. The maximum Gasteiger partial charge on any atom is 0.416 e. The van der Waals surface area contributed by atoms with Crippen molar-refractivity contribution in [3.63, 3.8) is 0 Å². The van der Waals surface area contributed by atoms with E-state index in [0.29, 0.717) is 23.6 Å². The second-order valence-corrected chi connectivity index (χ2v) is 4.81. The van der Waals surface area contributed by atoms with Gasteiger partial charge in [-0.05, 0) is 17.7 Å². The summed E-state index contributed by atoms with van der Waals surface area (Å²) in [5, 5.41) is 13.6. The molecule has 3 rings (SSSR count). The fourth-order valence-electron chi connectivity index (χ4n) is 2.04. The van der Waals surface area contributed by atoms with Gasteiger partial charge < -0.3 is 14.4 Å². The van der Waals surface area contributed by atoms with Gasteiger partial charge in [0.25, 0.3) is 0 Å². The molecule has 0 unspecified atom stereocenters. The molecule has 0 amide bonds. The summed E-state index contributed by atoms with van der Waals surface area (Å²) in [6.45, 7) is 0. The maximum absolute atomic E-state index is 11.1. The van der Waals surface area contributed by atoms with E-state index < -0.39 is 5.76 Å². The average Bonchev–Trinajstić information content (AvgIpc) is 2.97. The lowest BCUT2D eigenvalue weighted by atomic mass is 10.1. The number of nitrogens with zero attached hydrogens (tertiary/aromatic N) is 1. The summed E-state index contributed by atoms with van der Waals surface area (Å²) < 4.78 is 5.02. The minimum Gasteiger partial charge on any atom is -0.508 e. The lowest BCUT2D eigenvalue weighted by Gasteiger charge is -2.05. The van der Waals surface area contributed by atoms with Crippen LogP contribution in [0.1, 0.15) is 11.3 Å². The topological polar surface area (TPSA) is 87.8 Å². The van der Waals surface area contributed by atoms with Crippen LogP contribution in [0.15, 0.2) is 75.2 Å². The molecule has 2 aromatic carbocycles. The highest BCUT2D eigenvalue weighted by Gasteiger charge is 2.09. The predicted octanol–water partition coefficient (Wildman–Crippen LogP) is 2.70. The van der Waals surface area contributed by atoms with Crippen LogP contribution < -0.4 is 10.6 Å². The minimum absolute atomic E-state index is 0.0931. The third-order valence-corrected chi connectivity index (χ3v) is 3.10. The Kier molecular flexibility index (Phi) is 4.24. The molecule has 1 heterocycles. The second-order valence-electron chi connectivity index (χ2n) is 4.81. The summed E-state index contributed by atoms with van der Waals surface area (Å²) in [7, 11) is 0. The lowest BCUT2D eigenvalue weighted by Crippen LogP contribution is -2.07. The number of phenols is 1. The van der Waals surface area contributed by atoms with Crippen molar-refractivity contribution in [1.29, 1.82) is 0 Å². The number of benzene rings is 2. The molecule has 0 aliphatic carbocycles. The van der Waals surface area contributed by atoms with E-state index in [1.807, 2.05) is 30.3 Å². The summed E-state index contributed by atoms with van der Waals surface area (Å²) in [5.41, 5.74) is 1.44. The van der Waals surface area contributed by atoms with Crippen LogP contribution in [-0.4, -0.2) is 15.8 Å². The van der Waals surface area contributed by atoms with Gasteiger partial charge in [-0.1, -0.05) is 41.6 Å². The van der Waals surface area contributed by atoms with Gasteiger partial charge in [-0.3, -0.25) is 4.98 Å². The molecule has 0 fully saturated rings. The molecule has 0 aliphatic heterocycles. The van der Waals surface area contributed by atoms with Gasteiger partial charge in [0, 0.05) is 12.3 Å². The Morgan fingerprint density at radius 2 is 2.00 bits per heavy atom. The van der Waals surface area contributed by atoms with Crippen LogP contribution in [0.4, 0.5) is 0 Å². The Morgan fingerprint density at radius 3 is 2.70 bits per heavy atom. The Labute approximate surface area is 131 Å². The molecule has 23 heavy (non-hydrogen) atoms. The van der Waals surface area contributed by atoms with Crippen LogP contribution in [0, 0.1) is 0 Å². The van der Waals surface area contributed by atoms with Gasteiger partial charge in [0.1, 0.15) is 11.5 Å². The van der Waals surface area contributed by atoms with Crippen LogP contribution in [0.2, 0.25) is 0 Å². The van der Waals surface area contributed by atoms with E-state index in [-0.39, 0.29) is 5.75 Å². The number of aromatic nitrogens is 1. The van der Waals surface area contributed by atoms with Crippen molar-refractivity contribution in [3.05, 3.63) is 82.7 Å². The predicted molar refractivity (Wildman–Crippen MR) is 84.7 cm³/mol. The molecule has 116 valence electrons.